The summed E-state index contributed by atoms with van der Waals surface area (Å²) >= 11 is 0. The summed E-state index contributed by atoms with van der Waals surface area (Å²) in [5.41, 5.74) is 6.19. The van der Waals surface area contributed by atoms with Crippen molar-refractivity contribution in [3.8, 4) is 0 Å². The van der Waals surface area contributed by atoms with E-state index in [0.29, 0.717) is 19.6 Å². The van der Waals surface area contributed by atoms with E-state index in [1.54, 1.807) is 4.90 Å². The number of carbonyl (C=O) groups excluding carboxylic acids is 2. The zero-order chi connectivity index (χ0) is 18.4. The average molecular weight is 346 g/mol. The van der Waals surface area contributed by atoms with Crippen molar-refractivity contribution in [3.63, 3.8) is 0 Å². The first kappa shape index (κ1) is 19.2. The minimum absolute atomic E-state index is 0.0149. The van der Waals surface area contributed by atoms with E-state index in [1.165, 1.54) is 0 Å². The summed E-state index contributed by atoms with van der Waals surface area (Å²) in [5.74, 6) is 0.0290. The molecule has 1 aliphatic rings. The fraction of sp³-hybridized carbons (Fsp3) is 0.579. The molecule has 0 spiro atoms. The molecule has 6 nitrogen and oxygen atoms in total. The van der Waals surface area contributed by atoms with Crippen molar-refractivity contribution in [2.75, 3.05) is 25.0 Å². The molecule has 1 aliphatic heterocycles. The summed E-state index contributed by atoms with van der Waals surface area (Å²) in [6.45, 7) is 7.56. The van der Waals surface area contributed by atoms with Crippen LogP contribution in [0.4, 0.5) is 10.5 Å². The van der Waals surface area contributed by atoms with E-state index < -0.39 is 5.54 Å². The lowest BCUT2D eigenvalue weighted by Gasteiger charge is -2.37. The number of likely N-dealkylation sites (tertiary alicyclic amines) is 1. The Morgan fingerprint density at radius 2 is 2.00 bits per heavy atom. The summed E-state index contributed by atoms with van der Waals surface area (Å²) < 4.78 is 0. The van der Waals surface area contributed by atoms with Gasteiger partial charge in [-0.3, -0.25) is 4.79 Å². The average Bonchev–Trinajstić information content (AvgIpc) is 2.62. The number of anilines is 1. The number of nitrogens with two attached hydrogens (primary N) is 1. The first-order chi connectivity index (χ1) is 11.9. The van der Waals surface area contributed by atoms with Crippen LogP contribution in [0.1, 0.15) is 33.6 Å². The lowest BCUT2D eigenvalue weighted by molar-refractivity contribution is -0.128. The number of piperidine rings is 1. The SMILES string of the molecule is CC(C)C(C)(CN)NC(=O)C1CCCN(C(=O)Nc2ccccc2)C1. The molecule has 1 saturated heterocycles. The Balaban J connectivity index is 1.95. The molecular weight excluding hydrogens is 316 g/mol. The van der Waals surface area contributed by atoms with E-state index >= 15 is 0 Å². The maximum absolute atomic E-state index is 12.7. The maximum Gasteiger partial charge on any atom is 0.321 e. The number of carbonyl (C=O) groups is 2. The van der Waals surface area contributed by atoms with Crippen LogP contribution in [0.2, 0.25) is 0 Å². The van der Waals surface area contributed by atoms with Gasteiger partial charge in [-0.05, 0) is 37.8 Å². The van der Waals surface area contributed by atoms with Gasteiger partial charge in [0, 0.05) is 25.3 Å². The molecule has 0 aromatic heterocycles. The van der Waals surface area contributed by atoms with Crippen molar-refractivity contribution in [1.82, 2.24) is 10.2 Å². The van der Waals surface area contributed by atoms with Gasteiger partial charge in [0.1, 0.15) is 0 Å². The van der Waals surface area contributed by atoms with Gasteiger partial charge in [0.2, 0.25) is 5.91 Å². The molecular formula is C19H30N4O2. The third-order valence-electron chi connectivity index (χ3n) is 5.21. The molecule has 6 heteroatoms. The highest BCUT2D eigenvalue weighted by Gasteiger charge is 2.34. The Hall–Kier alpha value is -2.08. The van der Waals surface area contributed by atoms with Crippen LogP contribution in [-0.2, 0) is 4.79 Å². The zero-order valence-electron chi connectivity index (χ0n) is 15.4. The highest BCUT2D eigenvalue weighted by Crippen LogP contribution is 2.21. The Labute approximate surface area is 150 Å². The highest BCUT2D eigenvalue weighted by atomic mass is 16.2. The predicted molar refractivity (Wildman–Crippen MR) is 100 cm³/mol. The van der Waals surface area contributed by atoms with E-state index in [-0.39, 0.29) is 23.8 Å². The van der Waals surface area contributed by atoms with Crippen LogP contribution >= 0.6 is 0 Å². The molecule has 2 atom stereocenters. The number of nitrogens with one attached hydrogen (secondary N) is 2. The molecule has 3 amide bonds. The summed E-state index contributed by atoms with van der Waals surface area (Å²) in [7, 11) is 0. The molecule has 0 bridgehead atoms. The number of rotatable bonds is 5. The van der Waals surface area contributed by atoms with Crippen LogP contribution in [0.5, 0.6) is 0 Å². The van der Waals surface area contributed by atoms with E-state index in [4.69, 9.17) is 5.73 Å². The molecule has 2 unspecified atom stereocenters. The van der Waals surface area contributed by atoms with Gasteiger partial charge in [-0.15, -0.1) is 0 Å². The second-order valence-electron chi connectivity index (χ2n) is 7.35. The lowest BCUT2D eigenvalue weighted by atomic mass is 9.87. The molecule has 1 heterocycles. The third-order valence-corrected chi connectivity index (χ3v) is 5.21. The molecule has 0 radical (unpaired) electrons. The fourth-order valence-corrected chi connectivity index (χ4v) is 2.91. The molecule has 1 fully saturated rings. The smallest absolute Gasteiger partial charge is 0.321 e. The van der Waals surface area contributed by atoms with Crippen LogP contribution in [0.3, 0.4) is 0 Å². The van der Waals surface area contributed by atoms with Gasteiger partial charge >= 0.3 is 6.03 Å². The van der Waals surface area contributed by atoms with Gasteiger partial charge in [-0.2, -0.15) is 0 Å². The van der Waals surface area contributed by atoms with Crippen molar-refractivity contribution < 1.29 is 9.59 Å². The Kier molecular flexibility index (Phi) is 6.42. The van der Waals surface area contributed by atoms with Crippen LogP contribution < -0.4 is 16.4 Å². The largest absolute Gasteiger partial charge is 0.349 e. The molecule has 138 valence electrons. The standard InChI is InChI=1S/C19H30N4O2/c1-14(2)19(3,13-20)22-17(24)15-8-7-11-23(12-15)18(25)21-16-9-5-4-6-10-16/h4-6,9-10,14-15H,7-8,11-13,20H2,1-3H3,(H,21,25)(H,22,24). The van der Waals surface area contributed by atoms with Crippen molar-refractivity contribution >= 4 is 17.6 Å². The van der Waals surface area contributed by atoms with Crippen molar-refractivity contribution in [3.05, 3.63) is 30.3 Å². The Morgan fingerprint density at radius 1 is 1.32 bits per heavy atom. The number of urea groups is 1. The predicted octanol–water partition coefficient (Wildman–Crippen LogP) is 2.42. The number of hydrogen-bond donors (Lipinski definition) is 3. The van der Waals surface area contributed by atoms with E-state index in [0.717, 1.165) is 18.5 Å². The first-order valence-corrected chi connectivity index (χ1v) is 8.99. The van der Waals surface area contributed by atoms with Crippen LogP contribution in [-0.4, -0.2) is 42.0 Å². The van der Waals surface area contributed by atoms with Crippen molar-refractivity contribution in [2.24, 2.45) is 17.6 Å². The number of benzene rings is 1. The van der Waals surface area contributed by atoms with E-state index in [2.05, 4.69) is 10.6 Å². The minimum atomic E-state index is -0.425. The second-order valence-corrected chi connectivity index (χ2v) is 7.35. The van der Waals surface area contributed by atoms with Crippen molar-refractivity contribution in [2.45, 2.75) is 39.2 Å². The summed E-state index contributed by atoms with van der Waals surface area (Å²) in [4.78, 5) is 26.8. The normalized spacial score (nSPS) is 20.0. The van der Waals surface area contributed by atoms with Gasteiger partial charge < -0.3 is 21.3 Å². The molecule has 0 saturated carbocycles. The van der Waals surface area contributed by atoms with Crippen molar-refractivity contribution in [1.29, 1.82) is 0 Å². The maximum atomic E-state index is 12.7. The number of para-hydroxylation sites is 1. The van der Waals surface area contributed by atoms with Gasteiger partial charge in [-0.25, -0.2) is 4.79 Å². The summed E-state index contributed by atoms with van der Waals surface area (Å²) in [6.07, 6.45) is 1.61. The van der Waals surface area contributed by atoms with Crippen LogP contribution in [0, 0.1) is 11.8 Å². The third kappa shape index (κ3) is 4.95. The Morgan fingerprint density at radius 3 is 2.60 bits per heavy atom. The lowest BCUT2D eigenvalue weighted by Crippen LogP contribution is -2.58. The number of hydrogen-bond acceptors (Lipinski definition) is 3. The molecule has 4 N–H and O–H groups in total. The number of amides is 3. The van der Waals surface area contributed by atoms with Crippen LogP contribution in [0.15, 0.2) is 30.3 Å². The van der Waals surface area contributed by atoms with Gasteiger partial charge in [-0.1, -0.05) is 32.0 Å². The molecule has 0 aliphatic carbocycles. The number of nitrogens with zero attached hydrogens (tertiary/aromatic N) is 1. The monoisotopic (exact) mass is 346 g/mol. The van der Waals surface area contributed by atoms with Gasteiger partial charge in [0.15, 0.2) is 0 Å². The second kappa shape index (κ2) is 8.34. The zero-order valence-corrected chi connectivity index (χ0v) is 15.4. The first-order valence-electron chi connectivity index (χ1n) is 8.99. The molecule has 25 heavy (non-hydrogen) atoms. The summed E-state index contributed by atoms with van der Waals surface area (Å²) in [5, 5.41) is 5.98. The van der Waals surface area contributed by atoms with E-state index in [9.17, 15) is 9.59 Å². The summed E-state index contributed by atoms with van der Waals surface area (Å²) in [6, 6.07) is 9.20. The fourth-order valence-electron chi connectivity index (χ4n) is 2.91. The van der Waals surface area contributed by atoms with Gasteiger partial charge in [0.25, 0.3) is 0 Å². The molecule has 1 aromatic carbocycles. The highest BCUT2D eigenvalue weighted by molar-refractivity contribution is 5.90. The topological polar surface area (TPSA) is 87.5 Å². The molecule has 2 rings (SSSR count). The molecule has 1 aromatic rings. The Bertz CT molecular complexity index is 590. The van der Waals surface area contributed by atoms with Gasteiger partial charge in [0.05, 0.1) is 11.5 Å². The van der Waals surface area contributed by atoms with Crippen LogP contribution in [0.25, 0.3) is 0 Å². The minimum Gasteiger partial charge on any atom is -0.349 e. The van der Waals surface area contributed by atoms with E-state index in [1.807, 2.05) is 51.1 Å². The quantitative estimate of drug-likeness (QED) is 0.765.